The third-order valence-electron chi connectivity index (χ3n) is 4.36. The minimum Gasteiger partial charge on any atom is -0.550 e. The summed E-state index contributed by atoms with van der Waals surface area (Å²) < 4.78 is 28.8. The molecule has 0 saturated carbocycles. The number of carbonyl (C=O) groups is 1. The largest absolute Gasteiger partial charge is 0.550 e. The zero-order chi connectivity index (χ0) is 19.7. The fourth-order valence-corrected chi connectivity index (χ4v) is 5.08. The van der Waals surface area contributed by atoms with Gasteiger partial charge in [0.15, 0.2) is 5.13 Å². The van der Waals surface area contributed by atoms with Crippen LogP contribution in [0.2, 0.25) is 0 Å². The SMILES string of the molecule is O=C([O-])CCc1ccc(S(=O)(=O)Nc2nc3c(ccc4ccccc43)s2)cc1. The number of nitrogens with one attached hydrogen (secondary N) is 1. The van der Waals surface area contributed by atoms with Gasteiger partial charge in [0, 0.05) is 11.4 Å². The van der Waals surface area contributed by atoms with Gasteiger partial charge in [0.25, 0.3) is 10.0 Å². The van der Waals surface area contributed by atoms with Gasteiger partial charge in [-0.05, 0) is 42.0 Å². The van der Waals surface area contributed by atoms with Gasteiger partial charge in [-0.3, -0.25) is 4.72 Å². The van der Waals surface area contributed by atoms with Crippen molar-refractivity contribution in [2.75, 3.05) is 4.72 Å². The van der Waals surface area contributed by atoms with Crippen LogP contribution in [0.1, 0.15) is 12.0 Å². The molecule has 1 heterocycles. The van der Waals surface area contributed by atoms with Gasteiger partial charge in [0.2, 0.25) is 0 Å². The number of nitrogens with zero attached hydrogens (tertiary/aromatic N) is 1. The summed E-state index contributed by atoms with van der Waals surface area (Å²) in [6.45, 7) is 0. The number of aromatic nitrogens is 1. The molecule has 0 aliphatic carbocycles. The molecule has 142 valence electrons. The zero-order valence-corrected chi connectivity index (χ0v) is 16.2. The highest BCUT2D eigenvalue weighted by molar-refractivity contribution is 7.93. The molecule has 0 fully saturated rings. The number of rotatable bonds is 6. The smallest absolute Gasteiger partial charge is 0.263 e. The molecule has 8 heteroatoms. The van der Waals surface area contributed by atoms with Crippen molar-refractivity contribution >= 4 is 53.5 Å². The molecule has 0 atom stereocenters. The molecule has 0 spiro atoms. The molecule has 4 rings (SSSR count). The predicted octanol–water partition coefficient (Wildman–Crippen LogP) is 2.93. The lowest BCUT2D eigenvalue weighted by molar-refractivity contribution is -0.305. The number of hydrogen-bond donors (Lipinski definition) is 1. The van der Waals surface area contributed by atoms with Gasteiger partial charge in [0.1, 0.15) is 0 Å². The number of sulfonamides is 1. The maximum Gasteiger partial charge on any atom is 0.263 e. The highest BCUT2D eigenvalue weighted by atomic mass is 32.2. The number of fused-ring (bicyclic) bond motifs is 3. The minimum absolute atomic E-state index is 0.0915. The molecule has 0 amide bonds. The molecule has 0 aliphatic heterocycles. The Morgan fingerprint density at radius 3 is 2.54 bits per heavy atom. The molecule has 0 bridgehead atoms. The minimum atomic E-state index is -3.79. The summed E-state index contributed by atoms with van der Waals surface area (Å²) in [5.74, 6) is -1.14. The summed E-state index contributed by atoms with van der Waals surface area (Å²) in [6, 6.07) is 17.8. The van der Waals surface area contributed by atoms with Crippen LogP contribution >= 0.6 is 11.3 Å². The molecule has 4 aromatic rings. The summed E-state index contributed by atoms with van der Waals surface area (Å²) in [7, 11) is -3.79. The normalized spacial score (nSPS) is 11.7. The molecule has 0 unspecified atom stereocenters. The van der Waals surface area contributed by atoms with Crippen LogP contribution in [0.25, 0.3) is 21.0 Å². The van der Waals surface area contributed by atoms with Crippen LogP contribution in [-0.4, -0.2) is 19.4 Å². The average Bonchev–Trinajstić information content (AvgIpc) is 3.09. The Morgan fingerprint density at radius 2 is 1.79 bits per heavy atom. The van der Waals surface area contributed by atoms with Gasteiger partial charge in [-0.25, -0.2) is 13.4 Å². The van der Waals surface area contributed by atoms with E-state index in [0.717, 1.165) is 26.6 Å². The van der Waals surface area contributed by atoms with Crippen LogP contribution in [0.15, 0.2) is 65.6 Å². The number of benzene rings is 3. The quantitative estimate of drug-likeness (QED) is 0.526. The average molecular weight is 411 g/mol. The molecular weight excluding hydrogens is 396 g/mol. The van der Waals surface area contributed by atoms with Gasteiger partial charge in [0.05, 0.1) is 15.1 Å². The molecule has 1 aromatic heterocycles. The summed E-state index contributed by atoms with van der Waals surface area (Å²) in [5, 5.41) is 12.8. The van der Waals surface area contributed by atoms with E-state index in [1.807, 2.05) is 36.4 Å². The molecule has 0 radical (unpaired) electrons. The van der Waals surface area contributed by atoms with E-state index >= 15 is 0 Å². The van der Waals surface area contributed by atoms with E-state index < -0.39 is 16.0 Å². The molecule has 28 heavy (non-hydrogen) atoms. The Kier molecular flexibility index (Phi) is 4.74. The van der Waals surface area contributed by atoms with Crippen molar-refractivity contribution < 1.29 is 18.3 Å². The van der Waals surface area contributed by atoms with Gasteiger partial charge in [-0.1, -0.05) is 53.8 Å². The van der Waals surface area contributed by atoms with Crippen LogP contribution in [0.5, 0.6) is 0 Å². The number of anilines is 1. The van der Waals surface area contributed by atoms with Gasteiger partial charge < -0.3 is 9.90 Å². The first-order chi connectivity index (χ1) is 13.4. The van der Waals surface area contributed by atoms with E-state index in [1.165, 1.54) is 23.5 Å². The second-order valence-electron chi connectivity index (χ2n) is 6.27. The predicted molar refractivity (Wildman–Crippen MR) is 108 cm³/mol. The Labute approximate surface area is 165 Å². The molecule has 0 saturated heterocycles. The Balaban J connectivity index is 1.60. The van der Waals surface area contributed by atoms with E-state index in [9.17, 15) is 18.3 Å². The fourth-order valence-electron chi connectivity index (χ4n) is 2.96. The Morgan fingerprint density at radius 1 is 1.04 bits per heavy atom. The van der Waals surface area contributed by atoms with Crippen molar-refractivity contribution in [1.82, 2.24) is 4.98 Å². The highest BCUT2D eigenvalue weighted by Gasteiger charge is 2.17. The van der Waals surface area contributed by atoms with Crippen molar-refractivity contribution in [2.45, 2.75) is 17.7 Å². The molecule has 3 aromatic carbocycles. The first kappa shape index (κ1) is 18.4. The number of carboxylic acids is 1. The Hall–Kier alpha value is -2.97. The van der Waals surface area contributed by atoms with Crippen molar-refractivity contribution in [3.05, 3.63) is 66.2 Å². The molecule has 0 aliphatic rings. The van der Waals surface area contributed by atoms with Crippen LogP contribution in [-0.2, 0) is 21.2 Å². The van der Waals surface area contributed by atoms with E-state index in [2.05, 4.69) is 9.71 Å². The number of hydrogen-bond acceptors (Lipinski definition) is 6. The van der Waals surface area contributed by atoms with Crippen LogP contribution < -0.4 is 9.83 Å². The van der Waals surface area contributed by atoms with Crippen molar-refractivity contribution in [3.8, 4) is 0 Å². The maximum absolute atomic E-state index is 12.7. The van der Waals surface area contributed by atoms with Crippen molar-refractivity contribution in [1.29, 1.82) is 0 Å². The standard InChI is InChI=1S/C20H16N2O4S2/c23-18(24)12-7-13-5-9-15(10-6-13)28(25,26)22-20-21-19-16-4-2-1-3-14(16)8-11-17(19)27-20/h1-6,8-11H,7,12H2,(H,21,22)(H,23,24)/p-1. The molecule has 6 nitrogen and oxygen atoms in total. The summed E-state index contributed by atoms with van der Waals surface area (Å²) in [6.07, 6.45) is 0.186. The third kappa shape index (κ3) is 3.69. The number of aryl methyl sites for hydroxylation is 1. The summed E-state index contributed by atoms with van der Waals surface area (Å²) >= 11 is 1.27. The van der Waals surface area contributed by atoms with Crippen molar-refractivity contribution in [2.24, 2.45) is 0 Å². The van der Waals surface area contributed by atoms with E-state index in [1.54, 1.807) is 12.1 Å². The maximum atomic E-state index is 12.7. The van der Waals surface area contributed by atoms with Gasteiger partial charge in [-0.15, -0.1) is 0 Å². The fraction of sp³-hybridized carbons (Fsp3) is 0.100. The van der Waals surface area contributed by atoms with Crippen LogP contribution in [0, 0.1) is 0 Å². The molecular formula is C20H15N2O4S2-. The van der Waals surface area contributed by atoms with Gasteiger partial charge >= 0.3 is 0 Å². The second kappa shape index (κ2) is 7.21. The van der Waals surface area contributed by atoms with E-state index in [4.69, 9.17) is 0 Å². The lowest BCUT2D eigenvalue weighted by atomic mass is 10.1. The number of thiazole rings is 1. The van der Waals surface area contributed by atoms with Crippen molar-refractivity contribution in [3.63, 3.8) is 0 Å². The topological polar surface area (TPSA) is 99.2 Å². The lowest BCUT2D eigenvalue weighted by Crippen LogP contribution is -2.22. The Bertz CT molecular complexity index is 1280. The zero-order valence-electron chi connectivity index (χ0n) is 14.6. The number of carbonyl (C=O) groups excluding carboxylic acids is 1. The first-order valence-electron chi connectivity index (χ1n) is 8.52. The van der Waals surface area contributed by atoms with Gasteiger partial charge in [-0.2, -0.15) is 0 Å². The third-order valence-corrected chi connectivity index (χ3v) is 6.78. The summed E-state index contributed by atoms with van der Waals surface area (Å²) in [4.78, 5) is 15.1. The number of aliphatic carboxylic acids is 1. The monoisotopic (exact) mass is 411 g/mol. The number of carboxylic acid groups (broad SMARTS) is 1. The van der Waals surface area contributed by atoms with Crippen LogP contribution in [0.4, 0.5) is 5.13 Å². The first-order valence-corrected chi connectivity index (χ1v) is 10.8. The second-order valence-corrected chi connectivity index (χ2v) is 8.99. The lowest BCUT2D eigenvalue weighted by Gasteiger charge is -2.07. The molecule has 1 N–H and O–H groups in total. The summed E-state index contributed by atoms with van der Waals surface area (Å²) in [5.41, 5.74) is 1.49. The van der Waals surface area contributed by atoms with Crippen LogP contribution in [0.3, 0.4) is 0 Å². The van der Waals surface area contributed by atoms with E-state index in [-0.39, 0.29) is 11.3 Å². The van der Waals surface area contributed by atoms with E-state index in [0.29, 0.717) is 11.6 Å². The highest BCUT2D eigenvalue weighted by Crippen LogP contribution is 2.32.